The Bertz CT molecular complexity index is 965. The first kappa shape index (κ1) is 17.5. The average molecular weight is 384 g/mol. The Kier molecular flexibility index (Phi) is 3.55. The fourth-order valence-electron chi connectivity index (χ4n) is 3.87. The molecule has 2 saturated carbocycles. The van der Waals surface area contributed by atoms with E-state index in [1.54, 1.807) is 6.20 Å². The predicted octanol–water partition coefficient (Wildman–Crippen LogP) is 2.53. The Morgan fingerprint density at radius 2 is 1.92 bits per heavy atom. The molecule has 2 N–H and O–H groups in total. The molecule has 10 heteroatoms. The maximum atomic E-state index is 13.0. The second kappa shape index (κ2) is 5.29. The Hall–Kier alpha value is -1.94. The molecule has 0 aliphatic heterocycles. The molecule has 0 aromatic carbocycles. The van der Waals surface area contributed by atoms with E-state index in [2.05, 4.69) is 15.1 Å². The molecule has 2 heterocycles. The van der Waals surface area contributed by atoms with Crippen LogP contribution >= 0.6 is 0 Å². The molecule has 2 fully saturated rings. The van der Waals surface area contributed by atoms with Gasteiger partial charge in [-0.25, -0.2) is 22.3 Å². The van der Waals surface area contributed by atoms with E-state index >= 15 is 0 Å². The highest BCUT2D eigenvalue weighted by Gasteiger charge is 2.62. The first-order valence-electron chi connectivity index (χ1n) is 8.18. The number of nitrogens with zero attached hydrogens (tertiary/aromatic N) is 3. The summed E-state index contributed by atoms with van der Waals surface area (Å²) in [5.41, 5.74) is 0.452. The SMILES string of the molecule is CC1(C)C(c2cncc(S(N)(=O)=O)c2)C1c1nc(C2CC(F)(F)C2)no1. The van der Waals surface area contributed by atoms with Crippen LogP contribution in [0.2, 0.25) is 0 Å². The van der Waals surface area contributed by atoms with E-state index in [0.29, 0.717) is 17.3 Å². The third-order valence-electron chi connectivity index (χ3n) is 5.43. The molecule has 4 rings (SSSR count). The number of halogens is 2. The lowest BCUT2D eigenvalue weighted by Crippen LogP contribution is -2.34. The normalized spacial score (nSPS) is 27.1. The van der Waals surface area contributed by atoms with Gasteiger partial charge in [0.2, 0.25) is 21.8 Å². The zero-order chi connectivity index (χ0) is 18.9. The summed E-state index contributed by atoms with van der Waals surface area (Å²) >= 11 is 0. The summed E-state index contributed by atoms with van der Waals surface area (Å²) in [7, 11) is -3.85. The Balaban J connectivity index is 1.59. The standard InChI is InChI=1S/C16H18F2N4O3S/c1-15(2)11(8-3-10(7-20-6-8)26(19,23)24)12(15)14-21-13(22-25-14)9-4-16(17,18)5-9/h3,6-7,9,11-12H,4-5H2,1-2H3,(H2,19,23,24). The van der Waals surface area contributed by atoms with Crippen molar-refractivity contribution in [1.29, 1.82) is 0 Å². The van der Waals surface area contributed by atoms with E-state index < -0.39 is 15.9 Å². The Morgan fingerprint density at radius 1 is 1.23 bits per heavy atom. The highest BCUT2D eigenvalue weighted by Crippen LogP contribution is 2.69. The van der Waals surface area contributed by atoms with Gasteiger partial charge in [-0.2, -0.15) is 4.98 Å². The summed E-state index contributed by atoms with van der Waals surface area (Å²) in [6.07, 6.45) is 2.27. The van der Waals surface area contributed by atoms with Crippen molar-refractivity contribution in [2.24, 2.45) is 10.6 Å². The van der Waals surface area contributed by atoms with Crippen LogP contribution in [0.1, 0.15) is 61.7 Å². The number of aromatic nitrogens is 3. The van der Waals surface area contributed by atoms with E-state index in [0.717, 1.165) is 0 Å². The molecule has 140 valence electrons. The minimum atomic E-state index is -3.85. The molecule has 0 spiro atoms. The third-order valence-corrected chi connectivity index (χ3v) is 6.31. The van der Waals surface area contributed by atoms with Gasteiger partial charge in [0.1, 0.15) is 4.90 Å². The van der Waals surface area contributed by atoms with Crippen LogP contribution in [0.4, 0.5) is 8.78 Å². The van der Waals surface area contributed by atoms with Gasteiger partial charge >= 0.3 is 0 Å². The summed E-state index contributed by atoms with van der Waals surface area (Å²) in [5.74, 6) is -2.55. The molecule has 0 radical (unpaired) electrons. The predicted molar refractivity (Wildman–Crippen MR) is 86.1 cm³/mol. The van der Waals surface area contributed by atoms with Crippen LogP contribution in [0, 0.1) is 5.41 Å². The number of pyridine rings is 1. The number of hydrogen-bond acceptors (Lipinski definition) is 6. The highest BCUT2D eigenvalue weighted by atomic mass is 32.2. The van der Waals surface area contributed by atoms with Crippen molar-refractivity contribution in [2.45, 2.75) is 55.3 Å². The number of alkyl halides is 2. The minimum absolute atomic E-state index is 0.0561. The largest absolute Gasteiger partial charge is 0.339 e. The fraction of sp³-hybridized carbons (Fsp3) is 0.562. The van der Waals surface area contributed by atoms with Crippen molar-refractivity contribution in [2.75, 3.05) is 0 Å². The van der Waals surface area contributed by atoms with Crippen LogP contribution in [-0.4, -0.2) is 29.5 Å². The lowest BCUT2D eigenvalue weighted by Gasteiger charge is -2.32. The molecule has 2 unspecified atom stereocenters. The van der Waals surface area contributed by atoms with Gasteiger partial charge < -0.3 is 4.52 Å². The van der Waals surface area contributed by atoms with Crippen LogP contribution < -0.4 is 5.14 Å². The highest BCUT2D eigenvalue weighted by molar-refractivity contribution is 7.89. The average Bonchev–Trinajstić information content (AvgIpc) is 2.87. The molecule has 26 heavy (non-hydrogen) atoms. The fourth-order valence-corrected chi connectivity index (χ4v) is 4.37. The quantitative estimate of drug-likeness (QED) is 0.867. The summed E-state index contributed by atoms with van der Waals surface area (Å²) in [4.78, 5) is 8.24. The van der Waals surface area contributed by atoms with Crippen LogP contribution in [-0.2, 0) is 10.0 Å². The zero-order valence-corrected chi connectivity index (χ0v) is 15.0. The lowest BCUT2D eigenvalue weighted by atomic mass is 9.81. The van der Waals surface area contributed by atoms with Gasteiger partial charge in [0, 0.05) is 37.1 Å². The van der Waals surface area contributed by atoms with E-state index in [1.165, 1.54) is 12.3 Å². The first-order valence-corrected chi connectivity index (χ1v) is 9.73. The van der Waals surface area contributed by atoms with Crippen molar-refractivity contribution in [3.8, 4) is 0 Å². The van der Waals surface area contributed by atoms with E-state index in [1.807, 2.05) is 13.8 Å². The third kappa shape index (κ3) is 2.81. The molecule has 0 bridgehead atoms. The maximum absolute atomic E-state index is 13.0. The van der Waals surface area contributed by atoms with Gasteiger partial charge in [-0.3, -0.25) is 4.98 Å². The molecule has 0 saturated heterocycles. The van der Waals surface area contributed by atoms with Crippen LogP contribution in [0.25, 0.3) is 0 Å². The summed E-state index contributed by atoms with van der Waals surface area (Å²) in [6.45, 7) is 3.99. The van der Waals surface area contributed by atoms with Crippen molar-refractivity contribution in [3.05, 3.63) is 35.7 Å². The van der Waals surface area contributed by atoms with Crippen LogP contribution in [0.5, 0.6) is 0 Å². The van der Waals surface area contributed by atoms with Crippen molar-refractivity contribution in [1.82, 2.24) is 15.1 Å². The Labute approximate surface area is 149 Å². The van der Waals surface area contributed by atoms with Gasteiger partial charge in [-0.15, -0.1) is 0 Å². The van der Waals surface area contributed by atoms with Crippen molar-refractivity contribution >= 4 is 10.0 Å². The van der Waals surface area contributed by atoms with Crippen molar-refractivity contribution in [3.63, 3.8) is 0 Å². The van der Waals surface area contributed by atoms with Crippen LogP contribution in [0.3, 0.4) is 0 Å². The second-order valence-corrected chi connectivity index (χ2v) is 9.29. The molecular weight excluding hydrogens is 366 g/mol. The van der Waals surface area contributed by atoms with E-state index in [-0.39, 0.29) is 40.9 Å². The second-order valence-electron chi connectivity index (χ2n) is 7.73. The van der Waals surface area contributed by atoms with Crippen LogP contribution in [0.15, 0.2) is 27.9 Å². The molecule has 2 aromatic heterocycles. The first-order chi connectivity index (χ1) is 12.0. The number of nitrogens with two attached hydrogens (primary N) is 1. The van der Waals surface area contributed by atoms with Gasteiger partial charge in [0.25, 0.3) is 0 Å². The topological polar surface area (TPSA) is 112 Å². The Morgan fingerprint density at radius 3 is 2.54 bits per heavy atom. The molecule has 7 nitrogen and oxygen atoms in total. The van der Waals surface area contributed by atoms with Gasteiger partial charge in [-0.1, -0.05) is 19.0 Å². The van der Waals surface area contributed by atoms with Gasteiger partial charge in [0.15, 0.2) is 5.82 Å². The van der Waals surface area contributed by atoms with Crippen molar-refractivity contribution < 1.29 is 21.7 Å². The number of primary sulfonamides is 1. The molecule has 2 aromatic rings. The molecule has 2 atom stereocenters. The monoisotopic (exact) mass is 384 g/mol. The summed E-state index contributed by atoms with van der Waals surface area (Å²) < 4.78 is 54.5. The van der Waals surface area contributed by atoms with Gasteiger partial charge in [0.05, 0.1) is 5.92 Å². The molecule has 0 amide bonds. The molecular formula is C16H18F2N4O3S. The lowest BCUT2D eigenvalue weighted by molar-refractivity contribution is -0.0888. The number of sulfonamides is 1. The van der Waals surface area contributed by atoms with Gasteiger partial charge in [-0.05, 0) is 17.0 Å². The molecule has 2 aliphatic rings. The summed E-state index contributed by atoms with van der Waals surface area (Å²) in [6, 6.07) is 1.50. The smallest absolute Gasteiger partial charge is 0.249 e. The van der Waals surface area contributed by atoms with E-state index in [9.17, 15) is 17.2 Å². The summed E-state index contributed by atoms with van der Waals surface area (Å²) in [5, 5.41) is 9.03. The zero-order valence-electron chi connectivity index (χ0n) is 14.2. The number of hydrogen-bond donors (Lipinski definition) is 1. The van der Waals surface area contributed by atoms with E-state index in [4.69, 9.17) is 9.66 Å². The molecule has 2 aliphatic carbocycles. The maximum Gasteiger partial charge on any atom is 0.249 e. The number of rotatable bonds is 4. The minimum Gasteiger partial charge on any atom is -0.339 e.